The van der Waals surface area contributed by atoms with Crippen molar-refractivity contribution >= 4 is 17.5 Å². The average molecular weight is 360 g/mol. The molecule has 2 aliphatic heterocycles. The van der Waals surface area contributed by atoms with Crippen LogP contribution in [0.3, 0.4) is 0 Å². The van der Waals surface area contributed by atoms with E-state index in [1.165, 1.54) is 0 Å². The van der Waals surface area contributed by atoms with E-state index in [1.807, 2.05) is 32.0 Å². The van der Waals surface area contributed by atoms with E-state index in [9.17, 15) is 9.59 Å². The number of nitrogens with two attached hydrogens (primary N) is 1. The van der Waals surface area contributed by atoms with Crippen molar-refractivity contribution in [2.45, 2.75) is 38.9 Å². The van der Waals surface area contributed by atoms with E-state index in [0.29, 0.717) is 11.3 Å². The monoisotopic (exact) mass is 360 g/mol. The van der Waals surface area contributed by atoms with Crippen LogP contribution < -0.4 is 21.8 Å². The maximum absolute atomic E-state index is 12.8. The number of hydrogen-bond acceptors (Lipinski definition) is 6. The summed E-state index contributed by atoms with van der Waals surface area (Å²) in [5.41, 5.74) is 11.7. The third-order valence-corrected chi connectivity index (χ3v) is 5.33. The normalized spacial score (nSPS) is 24.6. The number of aryl methyl sites for hydroxylation is 2. The number of primary amides is 1. The van der Waals surface area contributed by atoms with Crippen molar-refractivity contribution < 1.29 is 9.59 Å². The molecule has 2 fully saturated rings. The Hall–Kier alpha value is -2.00. The molecule has 3 rings (SSSR count). The largest absolute Gasteiger partial charge is 0.366 e. The number of nitrogens with one attached hydrogen (secondary N) is 3. The van der Waals surface area contributed by atoms with E-state index in [4.69, 9.17) is 5.73 Å². The molecule has 2 atom stereocenters. The lowest BCUT2D eigenvalue weighted by Gasteiger charge is -2.40. The molecule has 0 aliphatic carbocycles. The standard InChI is InChI=1S/C18H28N6O2/c1-11-8-13(17(19)25)14(9-12(11)2)21-18(26)15-4-5-16(22-23(15)3)24-7-6-20-10-24/h8-9,15-16,20,22H,4-7,10H2,1-3H3,(H2,19,25)(H,21,26). The minimum absolute atomic E-state index is 0.135. The van der Waals surface area contributed by atoms with Crippen molar-refractivity contribution in [2.75, 3.05) is 32.1 Å². The summed E-state index contributed by atoms with van der Waals surface area (Å²) in [6.07, 6.45) is 1.87. The number of carbonyl (C=O) groups excluding carboxylic acids is 2. The Morgan fingerprint density at radius 1 is 1.23 bits per heavy atom. The fraction of sp³-hybridized carbons (Fsp3) is 0.556. The molecule has 2 saturated heterocycles. The Bertz CT molecular complexity index is 701. The first-order valence-electron chi connectivity index (χ1n) is 9.02. The van der Waals surface area contributed by atoms with E-state index in [1.54, 1.807) is 6.07 Å². The lowest BCUT2D eigenvalue weighted by molar-refractivity contribution is -0.125. The second-order valence-corrected chi connectivity index (χ2v) is 7.15. The van der Waals surface area contributed by atoms with E-state index in [0.717, 1.165) is 43.7 Å². The summed E-state index contributed by atoms with van der Waals surface area (Å²) in [5.74, 6) is -0.677. The summed E-state index contributed by atoms with van der Waals surface area (Å²) in [6, 6.07) is 3.23. The van der Waals surface area contributed by atoms with Crippen LogP contribution in [0.5, 0.6) is 0 Å². The number of likely N-dealkylation sites (N-methyl/N-ethyl adjacent to an activating group) is 1. The molecule has 2 aliphatic rings. The van der Waals surface area contributed by atoms with Gasteiger partial charge in [-0.25, -0.2) is 10.4 Å². The molecule has 142 valence electrons. The van der Waals surface area contributed by atoms with Crippen molar-refractivity contribution in [3.63, 3.8) is 0 Å². The minimum atomic E-state index is -0.542. The Balaban J connectivity index is 1.69. The molecule has 2 unspecified atom stereocenters. The first kappa shape index (κ1) is 18.8. The highest BCUT2D eigenvalue weighted by Gasteiger charge is 2.34. The molecule has 8 heteroatoms. The van der Waals surface area contributed by atoms with Gasteiger partial charge in [-0.2, -0.15) is 0 Å². The van der Waals surface area contributed by atoms with E-state index in [2.05, 4.69) is 21.0 Å². The van der Waals surface area contributed by atoms with Crippen molar-refractivity contribution in [1.29, 1.82) is 0 Å². The van der Waals surface area contributed by atoms with Gasteiger partial charge in [0.25, 0.3) is 5.91 Å². The van der Waals surface area contributed by atoms with Crippen LogP contribution in [-0.4, -0.2) is 60.7 Å². The van der Waals surface area contributed by atoms with Crippen LogP contribution in [0.25, 0.3) is 0 Å². The van der Waals surface area contributed by atoms with Crippen LogP contribution >= 0.6 is 0 Å². The second-order valence-electron chi connectivity index (χ2n) is 7.15. The van der Waals surface area contributed by atoms with Crippen LogP contribution in [0.15, 0.2) is 12.1 Å². The van der Waals surface area contributed by atoms with Gasteiger partial charge in [-0.05, 0) is 49.9 Å². The van der Waals surface area contributed by atoms with Gasteiger partial charge < -0.3 is 16.4 Å². The second kappa shape index (κ2) is 7.71. The Morgan fingerprint density at radius 3 is 2.58 bits per heavy atom. The van der Waals surface area contributed by atoms with Crippen molar-refractivity contribution in [2.24, 2.45) is 5.73 Å². The Kier molecular flexibility index (Phi) is 5.57. The zero-order chi connectivity index (χ0) is 18.8. The molecule has 0 bridgehead atoms. The Morgan fingerprint density at radius 2 is 1.96 bits per heavy atom. The lowest BCUT2D eigenvalue weighted by Crippen LogP contribution is -2.61. The highest BCUT2D eigenvalue weighted by Crippen LogP contribution is 2.23. The summed E-state index contributed by atoms with van der Waals surface area (Å²) in [4.78, 5) is 26.9. The number of benzene rings is 1. The zero-order valence-corrected chi connectivity index (χ0v) is 15.6. The topological polar surface area (TPSA) is 103 Å². The van der Waals surface area contributed by atoms with Gasteiger partial charge in [-0.3, -0.25) is 14.5 Å². The van der Waals surface area contributed by atoms with Crippen molar-refractivity contribution in [1.82, 2.24) is 20.7 Å². The molecule has 1 aromatic carbocycles. The summed E-state index contributed by atoms with van der Waals surface area (Å²) in [7, 11) is 1.88. The molecule has 0 spiro atoms. The van der Waals surface area contributed by atoms with Crippen LogP contribution in [0.2, 0.25) is 0 Å². The Labute approximate surface area is 154 Å². The van der Waals surface area contributed by atoms with E-state index in [-0.39, 0.29) is 18.1 Å². The van der Waals surface area contributed by atoms with Crippen molar-refractivity contribution in [3.8, 4) is 0 Å². The number of rotatable bonds is 4. The molecule has 2 heterocycles. The number of carbonyl (C=O) groups is 2. The number of amides is 2. The maximum atomic E-state index is 12.8. The van der Waals surface area contributed by atoms with Gasteiger partial charge in [0.1, 0.15) is 6.04 Å². The molecule has 0 aromatic heterocycles. The zero-order valence-electron chi connectivity index (χ0n) is 15.6. The SMILES string of the molecule is Cc1cc(NC(=O)C2CCC(N3CCNC3)NN2C)c(C(N)=O)cc1C. The van der Waals surface area contributed by atoms with Crippen LogP contribution in [0.1, 0.15) is 34.3 Å². The third-order valence-electron chi connectivity index (χ3n) is 5.33. The first-order chi connectivity index (χ1) is 12.4. The van der Waals surface area contributed by atoms with E-state index >= 15 is 0 Å². The predicted octanol–water partition coefficient (Wildman–Crippen LogP) is 0.128. The molecule has 0 radical (unpaired) electrons. The van der Waals surface area contributed by atoms with Crippen LogP contribution in [0.4, 0.5) is 5.69 Å². The smallest absolute Gasteiger partial charge is 0.250 e. The number of nitrogens with zero attached hydrogens (tertiary/aromatic N) is 2. The molecule has 26 heavy (non-hydrogen) atoms. The summed E-state index contributed by atoms with van der Waals surface area (Å²) < 4.78 is 0. The molecule has 0 saturated carbocycles. The van der Waals surface area contributed by atoms with Gasteiger partial charge in [0.2, 0.25) is 5.91 Å². The van der Waals surface area contributed by atoms with Gasteiger partial charge in [0.05, 0.1) is 17.4 Å². The number of hydrazine groups is 1. The molecule has 8 nitrogen and oxygen atoms in total. The molecular formula is C18H28N6O2. The number of hydrogen-bond donors (Lipinski definition) is 4. The van der Waals surface area contributed by atoms with Gasteiger partial charge in [0, 0.05) is 26.8 Å². The van der Waals surface area contributed by atoms with Crippen LogP contribution in [-0.2, 0) is 4.79 Å². The highest BCUT2D eigenvalue weighted by molar-refractivity contribution is 6.04. The fourth-order valence-electron chi connectivity index (χ4n) is 3.60. The highest BCUT2D eigenvalue weighted by atomic mass is 16.2. The quantitative estimate of drug-likeness (QED) is 0.609. The molecule has 5 N–H and O–H groups in total. The third kappa shape index (κ3) is 3.88. The lowest BCUT2D eigenvalue weighted by atomic mass is 10.0. The predicted molar refractivity (Wildman–Crippen MR) is 100 cm³/mol. The van der Waals surface area contributed by atoms with Crippen molar-refractivity contribution in [3.05, 3.63) is 28.8 Å². The fourth-order valence-corrected chi connectivity index (χ4v) is 3.60. The average Bonchev–Trinajstić information content (AvgIpc) is 3.12. The molecule has 2 amide bonds. The van der Waals surface area contributed by atoms with Gasteiger partial charge in [-0.15, -0.1) is 0 Å². The van der Waals surface area contributed by atoms with Crippen LogP contribution in [0, 0.1) is 13.8 Å². The van der Waals surface area contributed by atoms with Gasteiger partial charge in [0.15, 0.2) is 0 Å². The summed E-state index contributed by atoms with van der Waals surface area (Å²) >= 11 is 0. The van der Waals surface area contributed by atoms with Gasteiger partial charge in [-0.1, -0.05) is 0 Å². The summed E-state index contributed by atoms with van der Waals surface area (Å²) in [6.45, 7) is 6.73. The molecular weight excluding hydrogens is 332 g/mol. The minimum Gasteiger partial charge on any atom is -0.366 e. The molecule has 1 aromatic rings. The number of anilines is 1. The first-order valence-corrected chi connectivity index (χ1v) is 9.02. The van der Waals surface area contributed by atoms with Gasteiger partial charge >= 0.3 is 0 Å². The maximum Gasteiger partial charge on any atom is 0.250 e. The van der Waals surface area contributed by atoms with E-state index < -0.39 is 5.91 Å². The summed E-state index contributed by atoms with van der Waals surface area (Å²) in [5, 5.41) is 8.09.